The molecule has 4 saturated carbocycles. The Morgan fingerprint density at radius 2 is 1.60 bits per heavy atom. The summed E-state index contributed by atoms with van der Waals surface area (Å²) in [6.45, 7) is 6.47. The van der Waals surface area contributed by atoms with Gasteiger partial charge in [-0.2, -0.15) is 0 Å². The standard InChI is InChI=1S/C38H53NO3/c1-34-18-14-29(40)24-36(34)21-22-38(30(25-36)33(41)28-12-8-5-9-13-28)31(34)15-19-35(2)32(38)16-20-37(35,42)26-39(3)23-17-27-10-6-4-7-11-27/h4,6-7,10-11,21-22,25,28-29,31-32,40,42H,5,8-9,12-20,23-24,26H2,1-3H3/t29?,31-,32-,34-,35+,36+,37-,38-/m1/s1. The number of hydrogen-bond acceptors (Lipinski definition) is 4. The van der Waals surface area contributed by atoms with Gasteiger partial charge in [0.2, 0.25) is 0 Å². The quantitative estimate of drug-likeness (QED) is 0.350. The Morgan fingerprint density at radius 3 is 2.36 bits per heavy atom. The van der Waals surface area contributed by atoms with Crippen LogP contribution in [0.15, 0.2) is 54.1 Å². The molecule has 8 rings (SSSR count). The molecule has 4 fully saturated rings. The second-order valence-corrected chi connectivity index (χ2v) is 16.0. The number of carbonyl (C=O) groups is 1. The van der Waals surface area contributed by atoms with E-state index < -0.39 is 5.60 Å². The summed E-state index contributed by atoms with van der Waals surface area (Å²) in [5.41, 5.74) is 0.932. The van der Waals surface area contributed by atoms with Crippen molar-refractivity contribution in [2.24, 2.45) is 39.4 Å². The Balaban J connectivity index is 1.24. The molecule has 0 aliphatic heterocycles. The zero-order valence-electron chi connectivity index (χ0n) is 26.3. The van der Waals surface area contributed by atoms with Crippen molar-refractivity contribution in [3.63, 3.8) is 0 Å². The zero-order chi connectivity index (χ0) is 29.4. The highest BCUT2D eigenvalue weighted by Gasteiger charge is 2.74. The van der Waals surface area contributed by atoms with E-state index in [1.807, 2.05) is 0 Å². The summed E-state index contributed by atoms with van der Waals surface area (Å²) in [7, 11) is 2.17. The second-order valence-electron chi connectivity index (χ2n) is 16.0. The maximum atomic E-state index is 14.7. The fraction of sp³-hybridized carbons (Fsp3) is 0.711. The number of nitrogens with zero attached hydrogens (tertiary/aromatic N) is 1. The molecule has 7 aliphatic carbocycles. The highest BCUT2D eigenvalue weighted by molar-refractivity contribution is 6.00. The maximum absolute atomic E-state index is 14.7. The summed E-state index contributed by atoms with van der Waals surface area (Å²) in [6, 6.07) is 10.7. The van der Waals surface area contributed by atoms with Crippen LogP contribution >= 0.6 is 0 Å². The van der Waals surface area contributed by atoms with Gasteiger partial charge in [-0.25, -0.2) is 0 Å². The maximum Gasteiger partial charge on any atom is 0.162 e. The lowest BCUT2D eigenvalue weighted by Gasteiger charge is -2.71. The van der Waals surface area contributed by atoms with Crippen molar-refractivity contribution in [1.29, 1.82) is 0 Å². The normalized spacial score (nSPS) is 44.4. The number of rotatable bonds is 7. The first kappa shape index (κ1) is 29.0. The molecule has 42 heavy (non-hydrogen) atoms. The third-order valence-electron chi connectivity index (χ3n) is 14.1. The van der Waals surface area contributed by atoms with Crippen LogP contribution < -0.4 is 0 Å². The molecule has 4 heteroatoms. The van der Waals surface area contributed by atoms with Gasteiger partial charge in [0.15, 0.2) is 5.78 Å². The minimum absolute atomic E-state index is 0.0475. The first-order valence-corrected chi connectivity index (χ1v) is 17.2. The SMILES string of the molecule is CN(CCc1ccccc1)C[C@]1(O)CC[C@H]2[C@]34C=C[C@@]5(C=C3C(=O)C3CCCCC3)CC(O)CC[C@]5(C)[C@H]4CC[C@@]21C. The topological polar surface area (TPSA) is 60.8 Å². The van der Waals surface area contributed by atoms with Crippen LogP contribution in [0.2, 0.25) is 0 Å². The van der Waals surface area contributed by atoms with Gasteiger partial charge in [-0.3, -0.25) is 4.79 Å². The number of likely N-dealkylation sites (N-methyl/N-ethyl adjacent to an activating group) is 1. The Morgan fingerprint density at radius 1 is 0.905 bits per heavy atom. The smallest absolute Gasteiger partial charge is 0.162 e. The van der Waals surface area contributed by atoms with Gasteiger partial charge < -0.3 is 15.1 Å². The molecule has 1 aromatic rings. The minimum Gasteiger partial charge on any atom is -0.393 e. The Labute approximate surface area is 253 Å². The number of aliphatic hydroxyl groups is 2. The number of benzene rings is 1. The Kier molecular flexibility index (Phi) is 7.00. The van der Waals surface area contributed by atoms with Crippen LogP contribution in [-0.4, -0.2) is 52.7 Å². The molecule has 2 bridgehead atoms. The van der Waals surface area contributed by atoms with Crippen molar-refractivity contribution >= 4 is 5.78 Å². The van der Waals surface area contributed by atoms with Gasteiger partial charge in [-0.05, 0) is 94.1 Å². The molecule has 7 aliphatic rings. The van der Waals surface area contributed by atoms with E-state index in [0.717, 1.165) is 89.2 Å². The van der Waals surface area contributed by atoms with Crippen LogP contribution in [-0.2, 0) is 11.2 Å². The molecule has 2 N–H and O–H groups in total. The minimum atomic E-state index is -0.773. The van der Waals surface area contributed by atoms with E-state index in [4.69, 9.17) is 0 Å². The number of allylic oxidation sites excluding steroid dienone is 4. The van der Waals surface area contributed by atoms with Crippen LogP contribution in [0, 0.1) is 39.4 Å². The van der Waals surface area contributed by atoms with Gasteiger partial charge in [-0.15, -0.1) is 0 Å². The summed E-state index contributed by atoms with van der Waals surface area (Å²) in [4.78, 5) is 17.0. The predicted octanol–water partition coefficient (Wildman–Crippen LogP) is 6.90. The van der Waals surface area contributed by atoms with Crippen molar-refractivity contribution in [2.45, 2.75) is 109 Å². The first-order chi connectivity index (χ1) is 20.1. The van der Waals surface area contributed by atoms with E-state index in [0.29, 0.717) is 18.2 Å². The number of ketones is 1. The van der Waals surface area contributed by atoms with Crippen molar-refractivity contribution < 1.29 is 15.0 Å². The van der Waals surface area contributed by atoms with Crippen LogP contribution in [0.1, 0.15) is 96.5 Å². The van der Waals surface area contributed by atoms with Gasteiger partial charge in [0.25, 0.3) is 0 Å². The molecule has 0 aromatic heterocycles. The Hall–Kier alpha value is -1.75. The second kappa shape index (κ2) is 10.1. The van der Waals surface area contributed by atoms with E-state index in [2.05, 4.69) is 74.4 Å². The number of Topliss-reactive ketones (excluding diaryl/α,β-unsaturated/α-hetero) is 1. The summed E-state index contributed by atoms with van der Waals surface area (Å²) in [5, 5.41) is 23.5. The first-order valence-electron chi connectivity index (χ1n) is 17.2. The number of hydrogen-bond donors (Lipinski definition) is 2. The summed E-state index contributed by atoms with van der Waals surface area (Å²) < 4.78 is 0. The van der Waals surface area contributed by atoms with Crippen molar-refractivity contribution in [3.05, 3.63) is 59.7 Å². The molecular weight excluding hydrogens is 518 g/mol. The van der Waals surface area contributed by atoms with E-state index >= 15 is 0 Å². The van der Waals surface area contributed by atoms with Crippen molar-refractivity contribution in [3.8, 4) is 0 Å². The lowest BCUT2D eigenvalue weighted by molar-refractivity contribution is -0.179. The fourth-order valence-electron chi connectivity index (χ4n) is 11.7. The molecule has 0 saturated heterocycles. The average Bonchev–Trinajstić information content (AvgIpc) is 3.26. The van der Waals surface area contributed by atoms with Crippen LogP contribution in [0.4, 0.5) is 0 Å². The molecule has 8 atom stereocenters. The number of fused-ring (bicyclic) bond motifs is 1. The monoisotopic (exact) mass is 571 g/mol. The zero-order valence-corrected chi connectivity index (χ0v) is 26.3. The molecule has 0 amide bonds. The Bertz CT molecular complexity index is 1270. The summed E-state index contributed by atoms with van der Waals surface area (Å²) >= 11 is 0. The van der Waals surface area contributed by atoms with E-state index in [-0.39, 0.29) is 39.6 Å². The third kappa shape index (κ3) is 4.00. The third-order valence-corrected chi connectivity index (χ3v) is 14.1. The molecule has 228 valence electrons. The largest absolute Gasteiger partial charge is 0.393 e. The van der Waals surface area contributed by atoms with Crippen LogP contribution in [0.3, 0.4) is 0 Å². The number of carbonyl (C=O) groups excluding carboxylic acids is 1. The number of aliphatic hydroxyl groups excluding tert-OH is 1. The molecule has 4 nitrogen and oxygen atoms in total. The lowest BCUT2D eigenvalue weighted by atomic mass is 9.32. The van der Waals surface area contributed by atoms with E-state index in [1.54, 1.807) is 0 Å². The van der Waals surface area contributed by atoms with Crippen molar-refractivity contribution in [1.82, 2.24) is 4.90 Å². The van der Waals surface area contributed by atoms with Gasteiger partial charge >= 0.3 is 0 Å². The average molecular weight is 572 g/mol. The predicted molar refractivity (Wildman–Crippen MR) is 168 cm³/mol. The highest BCUT2D eigenvalue weighted by atomic mass is 16.3. The van der Waals surface area contributed by atoms with E-state index in [9.17, 15) is 15.0 Å². The van der Waals surface area contributed by atoms with Gasteiger partial charge in [0.05, 0.1) is 11.7 Å². The van der Waals surface area contributed by atoms with Gasteiger partial charge in [0, 0.05) is 40.8 Å². The highest BCUT2D eigenvalue weighted by Crippen LogP contribution is 2.78. The molecule has 0 heterocycles. The summed E-state index contributed by atoms with van der Waals surface area (Å²) in [6.07, 6.45) is 20.1. The van der Waals surface area contributed by atoms with Crippen molar-refractivity contribution in [2.75, 3.05) is 20.1 Å². The molecule has 1 aromatic carbocycles. The summed E-state index contributed by atoms with van der Waals surface area (Å²) in [5.74, 6) is 1.20. The molecular formula is C38H53NO3. The van der Waals surface area contributed by atoms with Gasteiger partial charge in [0.1, 0.15) is 0 Å². The lowest BCUT2D eigenvalue weighted by Crippen LogP contribution is -2.67. The molecule has 1 unspecified atom stereocenters. The van der Waals surface area contributed by atoms with Crippen LogP contribution in [0.5, 0.6) is 0 Å². The fourth-order valence-corrected chi connectivity index (χ4v) is 11.7. The van der Waals surface area contributed by atoms with Gasteiger partial charge in [-0.1, -0.05) is 81.7 Å². The molecule has 0 radical (unpaired) electrons. The van der Waals surface area contributed by atoms with E-state index in [1.165, 1.54) is 12.0 Å². The van der Waals surface area contributed by atoms with Crippen LogP contribution in [0.25, 0.3) is 0 Å². The molecule has 2 spiro atoms.